The average Bonchev–Trinajstić information content (AvgIpc) is 2.87. The molecule has 0 unspecified atom stereocenters. The summed E-state index contributed by atoms with van der Waals surface area (Å²) in [6, 6.07) is 5.50. The number of carboxylic acids is 1. The Morgan fingerprint density at radius 3 is 2.86 bits per heavy atom. The molecule has 2 aromatic rings. The number of nitrogens with zero attached hydrogens (tertiary/aromatic N) is 4. The van der Waals surface area contributed by atoms with Crippen LogP contribution in [0.5, 0.6) is 0 Å². The van der Waals surface area contributed by atoms with Crippen molar-refractivity contribution < 1.29 is 9.90 Å². The molecule has 0 bridgehead atoms. The van der Waals surface area contributed by atoms with E-state index in [9.17, 15) is 9.90 Å². The highest BCUT2D eigenvalue weighted by Gasteiger charge is 2.23. The van der Waals surface area contributed by atoms with Gasteiger partial charge in [0.1, 0.15) is 5.69 Å². The number of fused-ring (bicyclic) bond motifs is 1. The van der Waals surface area contributed by atoms with Crippen molar-refractivity contribution in [2.75, 3.05) is 11.4 Å². The van der Waals surface area contributed by atoms with E-state index in [1.165, 1.54) is 0 Å². The molecule has 0 fully saturated rings. The van der Waals surface area contributed by atoms with Gasteiger partial charge >= 0.3 is 5.97 Å². The summed E-state index contributed by atoms with van der Waals surface area (Å²) < 4.78 is 0. The molecule has 0 spiro atoms. The van der Waals surface area contributed by atoms with Crippen molar-refractivity contribution in [3.63, 3.8) is 0 Å². The quantitative estimate of drug-likeness (QED) is 0.937. The minimum absolute atomic E-state index is 0.413. The van der Waals surface area contributed by atoms with Gasteiger partial charge in [-0.2, -0.15) is 15.0 Å². The number of carboxylic acid groups (broad SMARTS) is 1. The lowest BCUT2D eigenvalue weighted by Crippen LogP contribution is -2.30. The van der Waals surface area contributed by atoms with Crippen LogP contribution in [0, 0.1) is 6.92 Å². The van der Waals surface area contributed by atoms with E-state index >= 15 is 0 Å². The molecular formula is C16H20N4O2. The molecule has 1 N–H and O–H groups in total. The average molecular weight is 300 g/mol. The molecule has 0 saturated heterocycles. The number of carbonyl (C=O) groups is 1. The topological polar surface area (TPSA) is 71.2 Å². The first-order chi connectivity index (χ1) is 10.6. The zero-order chi connectivity index (χ0) is 15.7. The van der Waals surface area contributed by atoms with E-state index in [1.54, 1.807) is 10.9 Å². The molecule has 22 heavy (non-hydrogen) atoms. The van der Waals surface area contributed by atoms with Crippen LogP contribution in [0.1, 0.15) is 40.7 Å². The van der Waals surface area contributed by atoms with Crippen molar-refractivity contribution in [2.24, 2.45) is 0 Å². The van der Waals surface area contributed by atoms with Gasteiger partial charge in [-0.05, 0) is 44.4 Å². The number of hydrogen-bond donors (Lipinski definition) is 1. The molecule has 6 nitrogen and oxygen atoms in total. The third kappa shape index (κ3) is 2.56. The predicted molar refractivity (Wildman–Crippen MR) is 83.2 cm³/mol. The lowest BCUT2D eigenvalue weighted by atomic mass is 9.96. The number of aryl methyl sites for hydroxylation is 2. The fourth-order valence-corrected chi connectivity index (χ4v) is 3.00. The number of benzene rings is 1. The van der Waals surface area contributed by atoms with Crippen molar-refractivity contribution in [3.8, 4) is 0 Å². The minimum atomic E-state index is -0.855. The van der Waals surface area contributed by atoms with Crippen molar-refractivity contribution in [1.29, 1.82) is 0 Å². The van der Waals surface area contributed by atoms with Crippen LogP contribution < -0.4 is 4.90 Å². The largest absolute Gasteiger partial charge is 0.478 e. The first kappa shape index (κ1) is 14.6. The molecule has 6 heteroatoms. The fraction of sp³-hybridized carbons (Fsp3) is 0.438. The van der Waals surface area contributed by atoms with E-state index in [1.807, 2.05) is 26.0 Å². The number of rotatable bonds is 4. The van der Waals surface area contributed by atoms with Crippen LogP contribution in [0.4, 0.5) is 5.69 Å². The maximum Gasteiger partial charge on any atom is 0.336 e. The Balaban J connectivity index is 1.93. The van der Waals surface area contributed by atoms with Crippen LogP contribution in [0.2, 0.25) is 0 Å². The summed E-state index contributed by atoms with van der Waals surface area (Å²) in [5.41, 5.74) is 4.24. The zero-order valence-electron chi connectivity index (χ0n) is 12.9. The molecular weight excluding hydrogens is 280 g/mol. The molecule has 0 aliphatic carbocycles. The number of hydrogen-bond acceptors (Lipinski definition) is 4. The Kier molecular flexibility index (Phi) is 3.83. The van der Waals surface area contributed by atoms with Crippen LogP contribution in [0.25, 0.3) is 0 Å². The first-order valence-electron chi connectivity index (χ1n) is 7.61. The smallest absolute Gasteiger partial charge is 0.336 e. The second kappa shape index (κ2) is 5.79. The molecule has 3 rings (SSSR count). The van der Waals surface area contributed by atoms with Gasteiger partial charge in [0.15, 0.2) is 0 Å². The molecule has 0 atom stereocenters. The summed E-state index contributed by atoms with van der Waals surface area (Å²) in [5.74, 6) is -0.855. The maximum atomic E-state index is 11.4. The van der Waals surface area contributed by atoms with Gasteiger partial charge in [-0.1, -0.05) is 6.07 Å². The molecule has 0 radical (unpaired) electrons. The summed E-state index contributed by atoms with van der Waals surface area (Å²) >= 11 is 0. The van der Waals surface area contributed by atoms with Gasteiger partial charge in [-0.15, -0.1) is 0 Å². The molecule has 1 aromatic heterocycles. The highest BCUT2D eigenvalue weighted by Crippen LogP contribution is 2.31. The molecule has 0 amide bonds. The summed E-state index contributed by atoms with van der Waals surface area (Å²) in [5, 5.41) is 18.2. The van der Waals surface area contributed by atoms with Crippen molar-refractivity contribution >= 4 is 11.7 Å². The fourth-order valence-electron chi connectivity index (χ4n) is 3.00. The highest BCUT2D eigenvalue weighted by atomic mass is 16.4. The van der Waals surface area contributed by atoms with Crippen LogP contribution in [-0.2, 0) is 19.5 Å². The monoisotopic (exact) mass is 300 g/mol. The Hall–Kier alpha value is -2.37. The third-order valence-corrected chi connectivity index (χ3v) is 4.12. The predicted octanol–water partition coefficient (Wildman–Crippen LogP) is 2.26. The summed E-state index contributed by atoms with van der Waals surface area (Å²) in [6.45, 7) is 6.31. The van der Waals surface area contributed by atoms with Crippen molar-refractivity contribution in [1.82, 2.24) is 15.0 Å². The Bertz CT molecular complexity index is 708. The molecule has 0 saturated carbocycles. The second-order valence-electron chi connectivity index (χ2n) is 5.55. The highest BCUT2D eigenvalue weighted by molar-refractivity contribution is 5.91. The molecule has 1 aromatic carbocycles. The lowest BCUT2D eigenvalue weighted by molar-refractivity contribution is 0.0695. The zero-order valence-corrected chi connectivity index (χ0v) is 12.9. The molecule has 1 aliphatic rings. The molecule has 116 valence electrons. The lowest BCUT2D eigenvalue weighted by Gasteiger charge is -2.31. The van der Waals surface area contributed by atoms with Crippen LogP contribution >= 0.6 is 0 Å². The Labute approximate surface area is 129 Å². The summed E-state index contributed by atoms with van der Waals surface area (Å²) in [4.78, 5) is 15.3. The van der Waals surface area contributed by atoms with Gasteiger partial charge in [0.2, 0.25) is 0 Å². The van der Waals surface area contributed by atoms with Gasteiger partial charge in [-0.25, -0.2) is 4.79 Å². The minimum Gasteiger partial charge on any atom is -0.478 e. The maximum absolute atomic E-state index is 11.4. The van der Waals surface area contributed by atoms with E-state index < -0.39 is 5.97 Å². The van der Waals surface area contributed by atoms with Crippen molar-refractivity contribution in [2.45, 2.75) is 39.8 Å². The van der Waals surface area contributed by atoms with Gasteiger partial charge in [0, 0.05) is 12.2 Å². The van der Waals surface area contributed by atoms with E-state index in [0.717, 1.165) is 48.6 Å². The Morgan fingerprint density at radius 1 is 1.36 bits per heavy atom. The summed E-state index contributed by atoms with van der Waals surface area (Å²) in [6.07, 6.45) is 1.77. The van der Waals surface area contributed by atoms with Gasteiger partial charge in [0.25, 0.3) is 0 Å². The van der Waals surface area contributed by atoms with E-state index in [4.69, 9.17) is 0 Å². The summed E-state index contributed by atoms with van der Waals surface area (Å²) in [7, 11) is 0. The van der Waals surface area contributed by atoms with Gasteiger partial charge < -0.3 is 10.0 Å². The van der Waals surface area contributed by atoms with Crippen LogP contribution in [-0.4, -0.2) is 32.6 Å². The first-order valence-corrected chi connectivity index (χ1v) is 7.61. The Morgan fingerprint density at radius 2 is 2.18 bits per heavy atom. The number of anilines is 1. The van der Waals surface area contributed by atoms with Crippen LogP contribution in [0.15, 0.2) is 18.2 Å². The molecule has 1 aliphatic heterocycles. The number of aromatic carboxylic acids is 1. The van der Waals surface area contributed by atoms with Gasteiger partial charge in [0.05, 0.1) is 24.3 Å². The van der Waals surface area contributed by atoms with E-state index in [0.29, 0.717) is 12.1 Å². The SMILES string of the molecule is CCn1nc(C)c(CN2CCCc3c(C(=O)O)cccc32)n1. The third-order valence-electron chi connectivity index (χ3n) is 4.12. The second-order valence-corrected chi connectivity index (χ2v) is 5.55. The van der Waals surface area contributed by atoms with Crippen molar-refractivity contribution in [3.05, 3.63) is 40.7 Å². The standard InChI is InChI=1S/C16H20N4O2/c1-3-20-17-11(2)14(18-20)10-19-9-5-7-12-13(16(21)22)6-4-8-15(12)19/h4,6,8H,3,5,7,9-10H2,1-2H3,(H,21,22). The van der Waals surface area contributed by atoms with Gasteiger partial charge in [-0.3, -0.25) is 0 Å². The van der Waals surface area contributed by atoms with Crippen LogP contribution in [0.3, 0.4) is 0 Å². The number of aromatic nitrogens is 3. The van der Waals surface area contributed by atoms with E-state index in [2.05, 4.69) is 15.1 Å². The van der Waals surface area contributed by atoms with E-state index in [-0.39, 0.29) is 0 Å². The molecule has 2 heterocycles. The normalized spacial score (nSPS) is 14.0.